The minimum absolute atomic E-state index is 0.171. The fourth-order valence-corrected chi connectivity index (χ4v) is 10.9. The Labute approximate surface area is 476 Å². The summed E-state index contributed by atoms with van der Waals surface area (Å²) < 4.78 is 11.3. The van der Waals surface area contributed by atoms with Gasteiger partial charge in [-0.1, -0.05) is 314 Å². The molecule has 1 aliphatic rings. The highest BCUT2D eigenvalue weighted by atomic mass is 16.7. The number of rotatable bonds is 59. The summed E-state index contributed by atoms with van der Waals surface area (Å²) in [6, 6.07) is -0.805. The molecule has 0 aromatic carbocycles. The first kappa shape index (κ1) is 73.4. The van der Waals surface area contributed by atoms with Gasteiger partial charge in [-0.15, -0.1) is 0 Å². The molecule has 1 amide bonds. The van der Waals surface area contributed by atoms with Crippen LogP contribution in [0.2, 0.25) is 0 Å². The quantitative estimate of drug-likeness (QED) is 0.0261. The maximum Gasteiger partial charge on any atom is 0.220 e. The average Bonchev–Trinajstić information content (AvgIpc) is 3.43. The molecule has 7 unspecified atom stereocenters. The van der Waals surface area contributed by atoms with Gasteiger partial charge in [0.1, 0.15) is 24.4 Å². The molecule has 9 heteroatoms. The Morgan fingerprint density at radius 1 is 0.442 bits per heavy atom. The van der Waals surface area contributed by atoms with E-state index in [0.717, 1.165) is 44.9 Å². The number of aliphatic hydroxyl groups is 5. The first-order valence-corrected chi connectivity index (χ1v) is 33.7. The second-order valence-electron chi connectivity index (χ2n) is 23.6. The van der Waals surface area contributed by atoms with Crippen molar-refractivity contribution in [2.45, 2.75) is 378 Å². The average molecular weight is 1090 g/mol. The van der Waals surface area contributed by atoms with Crippen LogP contribution in [0.25, 0.3) is 0 Å². The van der Waals surface area contributed by atoms with Crippen molar-refractivity contribution in [3.63, 3.8) is 0 Å². The SMILES string of the molecule is CCCCCCCCCCC/C=C\C/C=C\CCCCCCCCCCCCCCCCCCCC(=O)NC(COC1OC(CO)C(O)C(O)C1O)C(O)/C=C/CCCCCCCCCCCCCCCCCCCCC. The molecule has 454 valence electrons. The van der Waals surface area contributed by atoms with Crippen LogP contribution in [0, 0.1) is 0 Å². The molecule has 6 N–H and O–H groups in total. The van der Waals surface area contributed by atoms with Crippen LogP contribution in [0.3, 0.4) is 0 Å². The number of amides is 1. The van der Waals surface area contributed by atoms with Crippen LogP contribution in [0.4, 0.5) is 0 Å². The summed E-state index contributed by atoms with van der Waals surface area (Å²) in [6.45, 7) is 3.82. The standard InChI is InChI=1S/C68H129NO8/c1-3-5-7-9-11-13-15-17-19-21-23-25-26-27-28-29-30-31-32-33-34-35-36-38-40-42-44-46-48-50-52-54-56-58-64(72)69-61(60-76-68-67(75)66(74)65(73)63(59-70)77-68)62(71)57-55-53-51-49-47-45-43-41-39-37-24-22-20-18-16-14-12-10-8-6-4-2/h23,25,27-28,55,57,61-63,65-68,70-71,73-75H,3-22,24,26,29-54,56,58-60H2,1-2H3,(H,69,72)/b25-23-,28-27-,57-55+. The Morgan fingerprint density at radius 3 is 1.12 bits per heavy atom. The molecule has 0 aromatic heterocycles. The van der Waals surface area contributed by atoms with Gasteiger partial charge in [0.25, 0.3) is 0 Å². The molecule has 0 aliphatic carbocycles. The zero-order valence-corrected chi connectivity index (χ0v) is 50.7. The van der Waals surface area contributed by atoms with Crippen LogP contribution in [0.15, 0.2) is 36.5 Å². The largest absolute Gasteiger partial charge is 0.394 e. The van der Waals surface area contributed by atoms with E-state index in [4.69, 9.17) is 9.47 Å². The van der Waals surface area contributed by atoms with E-state index in [2.05, 4.69) is 43.5 Å². The molecule has 1 fully saturated rings. The van der Waals surface area contributed by atoms with Crippen molar-refractivity contribution in [3.8, 4) is 0 Å². The molecular weight excluding hydrogens is 959 g/mol. The van der Waals surface area contributed by atoms with Crippen molar-refractivity contribution in [2.24, 2.45) is 0 Å². The van der Waals surface area contributed by atoms with Crippen LogP contribution in [0.5, 0.6) is 0 Å². The van der Waals surface area contributed by atoms with Crippen LogP contribution in [-0.4, -0.2) is 87.5 Å². The van der Waals surface area contributed by atoms with Crippen molar-refractivity contribution in [1.29, 1.82) is 0 Å². The third-order valence-corrected chi connectivity index (χ3v) is 16.2. The van der Waals surface area contributed by atoms with Crippen LogP contribution in [0.1, 0.15) is 335 Å². The van der Waals surface area contributed by atoms with Gasteiger partial charge in [-0.2, -0.15) is 0 Å². The third kappa shape index (κ3) is 46.7. The van der Waals surface area contributed by atoms with E-state index in [9.17, 15) is 30.3 Å². The van der Waals surface area contributed by atoms with E-state index in [1.165, 1.54) is 270 Å². The molecular formula is C68H129NO8. The Morgan fingerprint density at radius 2 is 0.766 bits per heavy atom. The summed E-state index contributed by atoms with van der Waals surface area (Å²) in [5.41, 5.74) is 0. The maximum absolute atomic E-state index is 13.1. The topological polar surface area (TPSA) is 149 Å². The van der Waals surface area contributed by atoms with Crippen molar-refractivity contribution < 1.29 is 39.8 Å². The minimum atomic E-state index is -1.57. The number of carbonyl (C=O) groups is 1. The van der Waals surface area contributed by atoms with E-state index in [1.54, 1.807) is 6.08 Å². The van der Waals surface area contributed by atoms with Gasteiger partial charge in [-0.3, -0.25) is 4.79 Å². The van der Waals surface area contributed by atoms with E-state index in [-0.39, 0.29) is 12.5 Å². The fourth-order valence-electron chi connectivity index (χ4n) is 10.9. The number of unbranched alkanes of at least 4 members (excludes halogenated alkanes) is 45. The van der Waals surface area contributed by atoms with Crippen molar-refractivity contribution in [3.05, 3.63) is 36.5 Å². The summed E-state index contributed by atoms with van der Waals surface area (Å²) in [7, 11) is 0. The number of allylic oxidation sites excluding steroid dienone is 5. The summed E-state index contributed by atoms with van der Waals surface area (Å²) in [5, 5.41) is 54.7. The Bertz CT molecular complexity index is 1310. The normalized spacial score (nSPS) is 18.9. The first-order valence-electron chi connectivity index (χ1n) is 33.7. The fraction of sp³-hybridized carbons (Fsp3) is 0.897. The lowest BCUT2D eigenvalue weighted by molar-refractivity contribution is -0.302. The van der Waals surface area contributed by atoms with Gasteiger partial charge in [0.2, 0.25) is 5.91 Å². The van der Waals surface area contributed by atoms with Gasteiger partial charge in [0, 0.05) is 6.42 Å². The molecule has 1 saturated heterocycles. The zero-order valence-electron chi connectivity index (χ0n) is 50.7. The summed E-state index contributed by atoms with van der Waals surface area (Å²) >= 11 is 0. The number of hydrogen-bond acceptors (Lipinski definition) is 8. The lowest BCUT2D eigenvalue weighted by atomic mass is 9.99. The third-order valence-electron chi connectivity index (χ3n) is 16.2. The maximum atomic E-state index is 13.1. The molecule has 0 radical (unpaired) electrons. The monoisotopic (exact) mass is 1090 g/mol. The second-order valence-corrected chi connectivity index (χ2v) is 23.6. The highest BCUT2D eigenvalue weighted by molar-refractivity contribution is 5.76. The van der Waals surface area contributed by atoms with Gasteiger partial charge in [-0.05, 0) is 51.4 Å². The molecule has 9 nitrogen and oxygen atoms in total. The van der Waals surface area contributed by atoms with Crippen molar-refractivity contribution in [1.82, 2.24) is 5.32 Å². The number of aliphatic hydroxyl groups excluding tert-OH is 5. The summed E-state index contributed by atoms with van der Waals surface area (Å²) in [6.07, 6.45) is 69.5. The Kier molecular flexibility index (Phi) is 55.0. The van der Waals surface area contributed by atoms with E-state index in [1.807, 2.05) is 6.08 Å². The van der Waals surface area contributed by atoms with Gasteiger partial charge in [0.15, 0.2) is 6.29 Å². The van der Waals surface area contributed by atoms with Gasteiger partial charge >= 0.3 is 0 Å². The predicted octanol–water partition coefficient (Wildman–Crippen LogP) is 17.9. The van der Waals surface area contributed by atoms with Crippen molar-refractivity contribution in [2.75, 3.05) is 13.2 Å². The van der Waals surface area contributed by atoms with Crippen LogP contribution < -0.4 is 5.32 Å². The molecule has 0 saturated carbocycles. The highest BCUT2D eigenvalue weighted by Crippen LogP contribution is 2.23. The number of carbonyl (C=O) groups excluding carboxylic acids is 1. The zero-order chi connectivity index (χ0) is 55.8. The van der Waals surface area contributed by atoms with E-state index < -0.39 is 49.5 Å². The summed E-state index contributed by atoms with van der Waals surface area (Å²) in [4.78, 5) is 13.1. The molecule has 0 spiro atoms. The molecule has 1 heterocycles. The molecule has 1 rings (SSSR count). The number of ether oxygens (including phenoxy) is 2. The molecule has 0 aromatic rings. The summed E-state index contributed by atoms with van der Waals surface area (Å²) in [5.74, 6) is -0.171. The Hall–Kier alpha value is -1.59. The van der Waals surface area contributed by atoms with Crippen LogP contribution >= 0.6 is 0 Å². The molecule has 7 atom stereocenters. The predicted molar refractivity (Wildman–Crippen MR) is 327 cm³/mol. The lowest BCUT2D eigenvalue weighted by Crippen LogP contribution is -2.60. The van der Waals surface area contributed by atoms with Gasteiger partial charge in [-0.25, -0.2) is 0 Å². The van der Waals surface area contributed by atoms with E-state index in [0.29, 0.717) is 6.42 Å². The Balaban J connectivity index is 2.12. The number of nitrogens with one attached hydrogen (secondary N) is 1. The van der Waals surface area contributed by atoms with E-state index >= 15 is 0 Å². The molecule has 1 aliphatic heterocycles. The number of hydrogen-bond donors (Lipinski definition) is 6. The first-order chi connectivity index (χ1) is 37.8. The minimum Gasteiger partial charge on any atom is -0.394 e. The second kappa shape index (κ2) is 57.6. The van der Waals surface area contributed by atoms with Crippen LogP contribution in [-0.2, 0) is 14.3 Å². The smallest absolute Gasteiger partial charge is 0.220 e. The van der Waals surface area contributed by atoms with Gasteiger partial charge in [0.05, 0.1) is 25.4 Å². The van der Waals surface area contributed by atoms with Crippen molar-refractivity contribution >= 4 is 5.91 Å². The molecule has 0 bridgehead atoms. The molecule has 77 heavy (non-hydrogen) atoms. The highest BCUT2D eigenvalue weighted by Gasteiger charge is 2.44. The lowest BCUT2D eigenvalue weighted by Gasteiger charge is -2.40. The van der Waals surface area contributed by atoms with Gasteiger partial charge < -0.3 is 40.3 Å².